The van der Waals surface area contributed by atoms with Crippen molar-refractivity contribution in [2.45, 2.75) is 6.92 Å². The van der Waals surface area contributed by atoms with Crippen LogP contribution in [0.5, 0.6) is 5.88 Å². The van der Waals surface area contributed by atoms with Crippen LogP contribution in [0.2, 0.25) is 0 Å². The Bertz CT molecular complexity index is 707. The molecule has 0 aliphatic rings. The lowest BCUT2D eigenvalue weighted by atomic mass is 10.3. The molecule has 0 radical (unpaired) electrons. The highest BCUT2D eigenvalue weighted by Gasteiger charge is 2.09. The number of hydrogen-bond donors (Lipinski definition) is 0. The molecular weight excluding hydrogens is 230 g/mol. The molecule has 0 aliphatic carbocycles. The Hall–Kier alpha value is -2.50. The molecule has 3 aromatic rings. The number of ether oxygens (including phenoxy) is 1. The van der Waals surface area contributed by atoms with Gasteiger partial charge in [0.25, 0.3) is 0 Å². The zero-order valence-corrected chi connectivity index (χ0v) is 10.0. The second-order valence-corrected chi connectivity index (χ2v) is 3.80. The third kappa shape index (κ3) is 1.58. The van der Waals surface area contributed by atoms with Crippen LogP contribution in [0.15, 0.2) is 31.0 Å². The van der Waals surface area contributed by atoms with E-state index in [1.807, 2.05) is 23.6 Å². The topological polar surface area (TPSA) is 65.7 Å². The van der Waals surface area contributed by atoms with Crippen LogP contribution in [-0.2, 0) is 0 Å². The Morgan fingerprint density at radius 1 is 1.22 bits per heavy atom. The number of aryl methyl sites for hydroxylation is 1. The molecule has 0 amide bonds. The third-order valence-electron chi connectivity index (χ3n) is 2.71. The fourth-order valence-corrected chi connectivity index (χ4v) is 1.84. The second kappa shape index (κ2) is 4.06. The van der Waals surface area contributed by atoms with Gasteiger partial charge in [-0.3, -0.25) is 4.57 Å². The van der Waals surface area contributed by atoms with E-state index in [4.69, 9.17) is 4.74 Å². The minimum Gasteiger partial charge on any atom is -0.481 e. The smallest absolute Gasteiger partial charge is 0.213 e. The minimum absolute atomic E-state index is 0.593. The summed E-state index contributed by atoms with van der Waals surface area (Å²) in [6, 6.07) is 3.75. The number of pyridine rings is 1. The Labute approximate surface area is 103 Å². The SMILES string of the molecule is COc1ccc(-n2cnc3cncnc32)c(C)n1. The lowest BCUT2D eigenvalue weighted by molar-refractivity contribution is 0.397. The summed E-state index contributed by atoms with van der Waals surface area (Å²) in [5.41, 5.74) is 3.30. The van der Waals surface area contributed by atoms with Crippen molar-refractivity contribution in [2.24, 2.45) is 0 Å². The number of methoxy groups -OCH3 is 1. The Morgan fingerprint density at radius 3 is 2.89 bits per heavy atom. The Kier molecular flexibility index (Phi) is 2.40. The summed E-state index contributed by atoms with van der Waals surface area (Å²) in [5, 5.41) is 0. The molecule has 0 bridgehead atoms. The minimum atomic E-state index is 0.593. The number of hydrogen-bond acceptors (Lipinski definition) is 5. The van der Waals surface area contributed by atoms with Crippen LogP contribution in [0.1, 0.15) is 5.69 Å². The lowest BCUT2D eigenvalue weighted by Crippen LogP contribution is -2.00. The van der Waals surface area contributed by atoms with Crippen LogP contribution in [0.4, 0.5) is 0 Å². The van der Waals surface area contributed by atoms with Gasteiger partial charge >= 0.3 is 0 Å². The first-order chi connectivity index (χ1) is 8.79. The van der Waals surface area contributed by atoms with Crippen LogP contribution in [0.25, 0.3) is 16.9 Å². The summed E-state index contributed by atoms with van der Waals surface area (Å²) < 4.78 is 6.98. The molecule has 3 rings (SSSR count). The largest absolute Gasteiger partial charge is 0.481 e. The summed E-state index contributed by atoms with van der Waals surface area (Å²) in [6.45, 7) is 1.92. The molecule has 0 aliphatic heterocycles. The van der Waals surface area contributed by atoms with Crippen molar-refractivity contribution < 1.29 is 4.74 Å². The molecule has 0 atom stereocenters. The van der Waals surface area contributed by atoms with Gasteiger partial charge in [-0.2, -0.15) is 0 Å². The molecule has 0 aromatic carbocycles. The number of rotatable bonds is 2. The summed E-state index contributed by atoms with van der Waals surface area (Å²) in [6.07, 6.45) is 4.91. The summed E-state index contributed by atoms with van der Waals surface area (Å²) in [7, 11) is 1.60. The first-order valence-electron chi connectivity index (χ1n) is 5.44. The van der Waals surface area contributed by atoms with Crippen molar-refractivity contribution in [3.05, 3.63) is 36.7 Å². The molecule has 18 heavy (non-hydrogen) atoms. The van der Waals surface area contributed by atoms with Gasteiger partial charge in [-0.15, -0.1) is 0 Å². The molecule has 0 fully saturated rings. The molecule has 0 spiro atoms. The summed E-state index contributed by atoms with van der Waals surface area (Å²) in [4.78, 5) is 16.8. The van der Waals surface area contributed by atoms with Crippen molar-refractivity contribution in [2.75, 3.05) is 7.11 Å². The molecule has 0 unspecified atom stereocenters. The van der Waals surface area contributed by atoms with Crippen LogP contribution < -0.4 is 4.74 Å². The van der Waals surface area contributed by atoms with E-state index in [9.17, 15) is 0 Å². The van der Waals surface area contributed by atoms with E-state index in [1.165, 1.54) is 6.33 Å². The Balaban J connectivity index is 2.20. The standard InChI is InChI=1S/C12H11N5O/c1-8-10(3-4-11(16-8)18-2)17-7-15-9-5-13-6-14-12(9)17/h3-7H,1-2H3. The van der Waals surface area contributed by atoms with Gasteiger partial charge in [0, 0.05) is 6.07 Å². The number of aromatic nitrogens is 5. The average Bonchev–Trinajstić information content (AvgIpc) is 2.82. The van der Waals surface area contributed by atoms with Gasteiger partial charge in [0.15, 0.2) is 5.65 Å². The zero-order valence-electron chi connectivity index (χ0n) is 10.0. The van der Waals surface area contributed by atoms with Gasteiger partial charge in [0.2, 0.25) is 5.88 Å². The maximum Gasteiger partial charge on any atom is 0.213 e. The first kappa shape index (κ1) is 10.6. The van der Waals surface area contributed by atoms with E-state index in [-0.39, 0.29) is 0 Å². The highest BCUT2D eigenvalue weighted by Crippen LogP contribution is 2.19. The molecule has 3 heterocycles. The van der Waals surface area contributed by atoms with Crippen molar-refractivity contribution in [3.63, 3.8) is 0 Å². The monoisotopic (exact) mass is 241 g/mol. The predicted octanol–water partition coefficient (Wildman–Crippen LogP) is 1.53. The van der Waals surface area contributed by atoms with Gasteiger partial charge in [0.1, 0.15) is 18.2 Å². The van der Waals surface area contributed by atoms with Gasteiger partial charge in [-0.25, -0.2) is 19.9 Å². The second-order valence-electron chi connectivity index (χ2n) is 3.80. The quantitative estimate of drug-likeness (QED) is 0.680. The van der Waals surface area contributed by atoms with Gasteiger partial charge in [0.05, 0.1) is 24.7 Å². The van der Waals surface area contributed by atoms with Crippen LogP contribution in [0.3, 0.4) is 0 Å². The first-order valence-corrected chi connectivity index (χ1v) is 5.44. The van der Waals surface area contributed by atoms with E-state index < -0.39 is 0 Å². The number of fused-ring (bicyclic) bond motifs is 1. The fourth-order valence-electron chi connectivity index (χ4n) is 1.84. The normalized spacial score (nSPS) is 10.8. The Morgan fingerprint density at radius 2 is 2.11 bits per heavy atom. The molecular formula is C12H11N5O. The maximum atomic E-state index is 5.09. The van der Waals surface area contributed by atoms with Gasteiger partial charge in [-0.05, 0) is 13.0 Å². The van der Waals surface area contributed by atoms with Crippen molar-refractivity contribution in [3.8, 4) is 11.6 Å². The number of nitrogens with zero attached hydrogens (tertiary/aromatic N) is 5. The van der Waals surface area contributed by atoms with Gasteiger partial charge < -0.3 is 4.74 Å². The lowest BCUT2D eigenvalue weighted by Gasteiger charge is -2.08. The van der Waals surface area contributed by atoms with Crippen LogP contribution in [0, 0.1) is 6.92 Å². The van der Waals surface area contributed by atoms with Crippen molar-refractivity contribution >= 4 is 11.2 Å². The molecule has 0 saturated heterocycles. The number of imidazole rings is 1. The van der Waals surface area contributed by atoms with E-state index >= 15 is 0 Å². The highest BCUT2D eigenvalue weighted by molar-refractivity contribution is 5.71. The molecule has 6 nitrogen and oxygen atoms in total. The van der Waals surface area contributed by atoms with Crippen LogP contribution in [-0.4, -0.2) is 31.6 Å². The van der Waals surface area contributed by atoms with Crippen molar-refractivity contribution in [1.82, 2.24) is 24.5 Å². The predicted molar refractivity (Wildman–Crippen MR) is 65.7 cm³/mol. The third-order valence-corrected chi connectivity index (χ3v) is 2.71. The van der Waals surface area contributed by atoms with Crippen LogP contribution >= 0.6 is 0 Å². The van der Waals surface area contributed by atoms with Gasteiger partial charge in [-0.1, -0.05) is 0 Å². The zero-order chi connectivity index (χ0) is 12.5. The molecule has 6 heteroatoms. The summed E-state index contributed by atoms with van der Waals surface area (Å²) >= 11 is 0. The maximum absolute atomic E-state index is 5.09. The fraction of sp³-hybridized carbons (Fsp3) is 0.167. The molecule has 0 N–H and O–H groups in total. The van der Waals surface area contributed by atoms with E-state index in [0.717, 1.165) is 22.5 Å². The van der Waals surface area contributed by atoms with E-state index in [2.05, 4.69) is 19.9 Å². The molecule has 3 aromatic heterocycles. The molecule has 90 valence electrons. The van der Waals surface area contributed by atoms with E-state index in [0.29, 0.717) is 5.88 Å². The molecule has 0 saturated carbocycles. The van der Waals surface area contributed by atoms with Crippen molar-refractivity contribution in [1.29, 1.82) is 0 Å². The average molecular weight is 241 g/mol. The summed E-state index contributed by atoms with van der Waals surface area (Å²) in [5.74, 6) is 0.593. The van der Waals surface area contributed by atoms with E-state index in [1.54, 1.807) is 19.6 Å². The highest BCUT2D eigenvalue weighted by atomic mass is 16.5.